The van der Waals surface area contributed by atoms with Crippen molar-refractivity contribution in [3.05, 3.63) is 0 Å². The molecule has 4 nitrogen and oxygen atoms in total. The smallest absolute Gasteiger partial charge is 0.410 e. The van der Waals surface area contributed by atoms with Gasteiger partial charge in [-0.05, 0) is 60.0 Å². The number of hydrogen-bond donors (Lipinski definition) is 0. The number of carbonyl (C=O) groups is 1. The van der Waals surface area contributed by atoms with E-state index >= 15 is 0 Å². The highest BCUT2D eigenvalue weighted by atomic mass is 16.6. The number of nitrogens with zero attached hydrogens (tertiary/aromatic N) is 2. The molecule has 1 aliphatic rings. The first-order chi connectivity index (χ1) is 9.22. The van der Waals surface area contributed by atoms with Crippen molar-refractivity contribution in [3.63, 3.8) is 0 Å². The first-order valence-electron chi connectivity index (χ1n) is 7.95. The third-order valence-corrected chi connectivity index (χ3v) is 4.24. The molecule has 0 saturated carbocycles. The topological polar surface area (TPSA) is 32.8 Å². The summed E-state index contributed by atoms with van der Waals surface area (Å²) in [6.07, 6.45) is 3.05. The van der Waals surface area contributed by atoms with Crippen LogP contribution in [0.25, 0.3) is 0 Å². The van der Waals surface area contributed by atoms with E-state index in [0.717, 1.165) is 45.4 Å². The summed E-state index contributed by atoms with van der Waals surface area (Å²) in [6.45, 7) is 16.3. The van der Waals surface area contributed by atoms with Crippen molar-refractivity contribution in [2.24, 2.45) is 0 Å². The van der Waals surface area contributed by atoms with Crippen LogP contribution in [-0.2, 0) is 4.74 Å². The Kier molecular flexibility index (Phi) is 5.87. The van der Waals surface area contributed by atoms with Gasteiger partial charge in [0.1, 0.15) is 5.60 Å². The molecule has 1 heterocycles. The zero-order valence-corrected chi connectivity index (χ0v) is 14.2. The van der Waals surface area contributed by atoms with Crippen molar-refractivity contribution in [2.45, 2.75) is 71.9 Å². The molecule has 1 saturated heterocycles. The van der Waals surface area contributed by atoms with E-state index in [4.69, 9.17) is 4.74 Å². The highest BCUT2D eigenvalue weighted by Gasteiger charge is 2.34. The molecule has 1 amide bonds. The summed E-state index contributed by atoms with van der Waals surface area (Å²) in [5, 5.41) is 0. The van der Waals surface area contributed by atoms with Crippen molar-refractivity contribution < 1.29 is 9.53 Å². The van der Waals surface area contributed by atoms with E-state index in [1.807, 2.05) is 25.7 Å². The van der Waals surface area contributed by atoms with Crippen molar-refractivity contribution >= 4 is 6.09 Å². The van der Waals surface area contributed by atoms with Crippen LogP contribution in [0, 0.1) is 0 Å². The zero-order chi connectivity index (χ0) is 15.4. The minimum atomic E-state index is -0.411. The van der Waals surface area contributed by atoms with Gasteiger partial charge in [-0.2, -0.15) is 0 Å². The second-order valence-corrected chi connectivity index (χ2v) is 6.99. The van der Waals surface area contributed by atoms with Crippen molar-refractivity contribution in [3.8, 4) is 0 Å². The van der Waals surface area contributed by atoms with Crippen LogP contribution in [0.15, 0.2) is 0 Å². The van der Waals surface area contributed by atoms with Crippen molar-refractivity contribution in [1.82, 2.24) is 9.80 Å². The molecule has 0 aromatic heterocycles. The fourth-order valence-corrected chi connectivity index (χ4v) is 3.08. The van der Waals surface area contributed by atoms with Gasteiger partial charge < -0.3 is 9.64 Å². The summed E-state index contributed by atoms with van der Waals surface area (Å²) >= 11 is 0. The van der Waals surface area contributed by atoms with E-state index in [9.17, 15) is 4.79 Å². The molecular formula is C16H32N2O2. The van der Waals surface area contributed by atoms with Gasteiger partial charge in [0, 0.05) is 18.6 Å². The van der Waals surface area contributed by atoms with Gasteiger partial charge in [-0.25, -0.2) is 4.79 Å². The second kappa shape index (κ2) is 6.79. The van der Waals surface area contributed by atoms with E-state index in [2.05, 4.69) is 25.7 Å². The Morgan fingerprint density at radius 3 is 2.30 bits per heavy atom. The van der Waals surface area contributed by atoms with E-state index < -0.39 is 5.60 Å². The molecule has 0 aromatic rings. The molecule has 118 valence electrons. The van der Waals surface area contributed by atoms with Gasteiger partial charge in [0.05, 0.1) is 0 Å². The minimum absolute atomic E-state index is 0.165. The summed E-state index contributed by atoms with van der Waals surface area (Å²) in [7, 11) is 0. The Balaban J connectivity index is 2.65. The fourth-order valence-electron chi connectivity index (χ4n) is 3.08. The van der Waals surface area contributed by atoms with Crippen LogP contribution >= 0.6 is 0 Å². The van der Waals surface area contributed by atoms with Gasteiger partial charge in [0.2, 0.25) is 0 Å². The van der Waals surface area contributed by atoms with Gasteiger partial charge >= 0.3 is 6.09 Å². The van der Waals surface area contributed by atoms with Crippen molar-refractivity contribution in [2.75, 3.05) is 26.2 Å². The van der Waals surface area contributed by atoms with Gasteiger partial charge in [-0.1, -0.05) is 13.8 Å². The Morgan fingerprint density at radius 1 is 1.20 bits per heavy atom. The van der Waals surface area contributed by atoms with Crippen LogP contribution in [0.3, 0.4) is 0 Å². The maximum absolute atomic E-state index is 12.2. The van der Waals surface area contributed by atoms with Crippen LogP contribution in [-0.4, -0.2) is 53.2 Å². The van der Waals surface area contributed by atoms with Gasteiger partial charge in [-0.15, -0.1) is 0 Å². The maximum atomic E-state index is 12.2. The van der Waals surface area contributed by atoms with E-state index in [0.29, 0.717) is 0 Å². The average Bonchev–Trinajstić information content (AvgIpc) is 2.51. The van der Waals surface area contributed by atoms with E-state index in [-0.39, 0.29) is 11.6 Å². The first-order valence-corrected chi connectivity index (χ1v) is 7.95. The monoisotopic (exact) mass is 284 g/mol. The molecular weight excluding hydrogens is 252 g/mol. The lowest BCUT2D eigenvalue weighted by Gasteiger charge is -2.40. The molecule has 0 radical (unpaired) electrons. The SMILES string of the molecule is CCN(CC)C1(C)CCCN(C(=O)OC(C)(C)C)CC1. The van der Waals surface area contributed by atoms with Crippen LogP contribution in [0.2, 0.25) is 0 Å². The molecule has 0 N–H and O–H groups in total. The number of amides is 1. The van der Waals surface area contributed by atoms with Crippen LogP contribution in [0.1, 0.15) is 60.8 Å². The number of carbonyl (C=O) groups excluding carboxylic acids is 1. The summed E-state index contributed by atoms with van der Waals surface area (Å²) in [5.41, 5.74) is -0.203. The van der Waals surface area contributed by atoms with E-state index in [1.165, 1.54) is 0 Å². The molecule has 1 rings (SSSR count). The molecule has 0 bridgehead atoms. The maximum Gasteiger partial charge on any atom is 0.410 e. The summed E-state index contributed by atoms with van der Waals surface area (Å²) in [5.74, 6) is 0. The predicted molar refractivity (Wildman–Crippen MR) is 83.0 cm³/mol. The van der Waals surface area contributed by atoms with Crippen LogP contribution in [0.4, 0.5) is 4.79 Å². The Morgan fingerprint density at radius 2 is 1.80 bits per heavy atom. The minimum Gasteiger partial charge on any atom is -0.444 e. The molecule has 1 atom stereocenters. The molecule has 4 heteroatoms. The molecule has 1 unspecified atom stereocenters. The largest absolute Gasteiger partial charge is 0.444 e. The molecule has 0 aliphatic carbocycles. The third kappa shape index (κ3) is 4.65. The Hall–Kier alpha value is -0.770. The molecule has 20 heavy (non-hydrogen) atoms. The number of hydrogen-bond acceptors (Lipinski definition) is 3. The van der Waals surface area contributed by atoms with Crippen LogP contribution < -0.4 is 0 Å². The normalized spacial score (nSPS) is 24.6. The lowest BCUT2D eigenvalue weighted by Crippen LogP contribution is -2.47. The highest BCUT2D eigenvalue weighted by Crippen LogP contribution is 2.28. The van der Waals surface area contributed by atoms with Gasteiger partial charge in [-0.3, -0.25) is 4.90 Å². The van der Waals surface area contributed by atoms with Gasteiger partial charge in [0.25, 0.3) is 0 Å². The molecule has 0 aromatic carbocycles. The second-order valence-electron chi connectivity index (χ2n) is 6.99. The zero-order valence-electron chi connectivity index (χ0n) is 14.2. The standard InChI is InChI=1S/C16H32N2O2/c1-7-18(8-2)16(6)10-9-12-17(13-11-16)14(19)20-15(3,4)5/h7-13H2,1-6H3. The fraction of sp³-hybridized carbons (Fsp3) is 0.938. The van der Waals surface area contributed by atoms with E-state index in [1.54, 1.807) is 0 Å². The van der Waals surface area contributed by atoms with Gasteiger partial charge in [0.15, 0.2) is 0 Å². The molecule has 1 fully saturated rings. The number of ether oxygens (including phenoxy) is 1. The summed E-state index contributed by atoms with van der Waals surface area (Å²) < 4.78 is 5.49. The van der Waals surface area contributed by atoms with Crippen molar-refractivity contribution in [1.29, 1.82) is 0 Å². The number of rotatable bonds is 3. The highest BCUT2D eigenvalue weighted by molar-refractivity contribution is 5.68. The lowest BCUT2D eigenvalue weighted by atomic mass is 9.90. The summed E-state index contributed by atoms with van der Waals surface area (Å²) in [6, 6.07) is 0. The predicted octanol–water partition coefficient (Wildman–Crippen LogP) is 3.51. The Bertz CT molecular complexity index is 321. The van der Waals surface area contributed by atoms with Crippen LogP contribution in [0.5, 0.6) is 0 Å². The number of likely N-dealkylation sites (tertiary alicyclic amines) is 1. The average molecular weight is 284 g/mol. The third-order valence-electron chi connectivity index (χ3n) is 4.24. The quantitative estimate of drug-likeness (QED) is 0.795. The molecule has 1 aliphatic heterocycles. The lowest BCUT2D eigenvalue weighted by molar-refractivity contribution is 0.0243. The molecule has 0 spiro atoms. The first kappa shape index (κ1) is 17.3. The Labute approximate surface area is 124 Å². The summed E-state index contributed by atoms with van der Waals surface area (Å²) in [4.78, 5) is 16.6.